The van der Waals surface area contributed by atoms with Gasteiger partial charge in [-0.05, 0) is 6.07 Å². The van der Waals surface area contributed by atoms with E-state index in [1.54, 1.807) is 18.5 Å². The van der Waals surface area contributed by atoms with Crippen molar-refractivity contribution in [3.05, 3.63) is 18.5 Å². The van der Waals surface area contributed by atoms with Crippen LogP contribution >= 0.6 is 0 Å². The highest BCUT2D eigenvalue weighted by molar-refractivity contribution is 5.31. The summed E-state index contributed by atoms with van der Waals surface area (Å²) >= 11 is 0. The van der Waals surface area contributed by atoms with E-state index >= 15 is 0 Å². The van der Waals surface area contributed by atoms with Crippen LogP contribution < -0.4 is 0 Å². The molecular weight excluding hydrogens is 106 g/mol. The first-order chi connectivity index (χ1) is 3.93. The molecule has 8 heavy (non-hydrogen) atoms. The van der Waals surface area contributed by atoms with Crippen molar-refractivity contribution in [2.75, 3.05) is 0 Å². The lowest BCUT2D eigenvalue weighted by Gasteiger charge is -1.72. The third-order valence-electron chi connectivity index (χ3n) is 0.742. The van der Waals surface area contributed by atoms with Crippen LogP contribution in [0.2, 0.25) is 0 Å². The zero-order chi connectivity index (χ0) is 5.82. The molecule has 0 bridgehead atoms. The van der Waals surface area contributed by atoms with Gasteiger partial charge in [-0.2, -0.15) is 0 Å². The Morgan fingerprint density at radius 2 is 2.50 bits per heavy atom. The largest absolute Gasteiger partial charge is 0.394 e. The summed E-state index contributed by atoms with van der Waals surface area (Å²) in [5, 5.41) is 13.8. The van der Waals surface area contributed by atoms with Crippen molar-refractivity contribution in [3.63, 3.8) is 0 Å². The van der Waals surface area contributed by atoms with Crippen molar-refractivity contribution >= 4 is 5.69 Å². The fourth-order valence-corrected chi connectivity index (χ4v) is 0.429. The lowest BCUT2D eigenvalue weighted by atomic mass is 10.6. The fourth-order valence-electron chi connectivity index (χ4n) is 0.429. The standard InChI is InChI=1S/C4H5N3O/c8-7-6-4-1-2-5-3-4/h1-3,5H,(H,6,8). The molecule has 0 spiro atoms. The predicted molar refractivity (Wildman–Crippen MR) is 27.1 cm³/mol. The number of H-pyrrole nitrogens is 1. The van der Waals surface area contributed by atoms with Crippen LogP contribution in [0.3, 0.4) is 0 Å². The Bertz CT molecular complexity index is 167. The highest BCUT2D eigenvalue weighted by Gasteiger charge is 1.82. The summed E-state index contributed by atoms with van der Waals surface area (Å²) in [7, 11) is 0. The van der Waals surface area contributed by atoms with E-state index in [-0.39, 0.29) is 0 Å². The van der Waals surface area contributed by atoms with Gasteiger partial charge in [0.25, 0.3) is 0 Å². The maximum absolute atomic E-state index is 7.88. The molecule has 0 saturated carbocycles. The minimum absolute atomic E-state index is 0.618. The molecule has 0 aliphatic carbocycles. The van der Waals surface area contributed by atoms with E-state index in [2.05, 4.69) is 15.4 Å². The number of nitrogens with zero attached hydrogens (tertiary/aromatic N) is 2. The zero-order valence-corrected chi connectivity index (χ0v) is 4.07. The monoisotopic (exact) mass is 111 g/mol. The Morgan fingerprint density at radius 1 is 1.62 bits per heavy atom. The number of aromatic amines is 1. The summed E-state index contributed by atoms with van der Waals surface area (Å²) in [6.07, 6.45) is 3.32. The molecule has 1 heterocycles. The van der Waals surface area contributed by atoms with Gasteiger partial charge in [0.15, 0.2) is 0 Å². The van der Waals surface area contributed by atoms with Crippen molar-refractivity contribution in [1.29, 1.82) is 0 Å². The lowest BCUT2D eigenvalue weighted by molar-refractivity contribution is 0.289. The van der Waals surface area contributed by atoms with E-state index in [0.29, 0.717) is 5.69 Å². The summed E-state index contributed by atoms with van der Waals surface area (Å²) in [4.78, 5) is 2.75. The van der Waals surface area contributed by atoms with Crippen LogP contribution in [0, 0.1) is 0 Å². The number of nitrogens with one attached hydrogen (secondary N) is 1. The summed E-state index contributed by atoms with van der Waals surface area (Å²) in [5.74, 6) is 0. The van der Waals surface area contributed by atoms with Gasteiger partial charge in [-0.1, -0.05) is 0 Å². The van der Waals surface area contributed by atoms with Crippen LogP contribution in [0.1, 0.15) is 0 Å². The molecule has 0 aliphatic heterocycles. The van der Waals surface area contributed by atoms with Crippen LogP contribution in [0.25, 0.3) is 0 Å². The van der Waals surface area contributed by atoms with Crippen LogP contribution in [0.15, 0.2) is 28.9 Å². The van der Waals surface area contributed by atoms with Crippen LogP contribution in [-0.2, 0) is 0 Å². The second-order valence-electron chi connectivity index (χ2n) is 1.26. The van der Waals surface area contributed by atoms with E-state index in [1.807, 2.05) is 0 Å². The number of hydrogen-bond acceptors (Lipinski definition) is 2. The van der Waals surface area contributed by atoms with E-state index in [0.717, 1.165) is 0 Å². The van der Waals surface area contributed by atoms with Gasteiger partial charge < -0.3 is 10.2 Å². The van der Waals surface area contributed by atoms with Gasteiger partial charge in [0.05, 0.1) is 0 Å². The Kier molecular flexibility index (Phi) is 1.27. The summed E-state index contributed by atoms with van der Waals surface area (Å²) < 4.78 is 0. The molecule has 42 valence electrons. The topological polar surface area (TPSA) is 60.7 Å². The highest BCUT2D eigenvalue weighted by Crippen LogP contribution is 2.07. The molecule has 0 unspecified atom stereocenters. The molecular formula is C4H5N3O. The second-order valence-corrected chi connectivity index (χ2v) is 1.26. The van der Waals surface area contributed by atoms with Crippen molar-refractivity contribution in [3.8, 4) is 0 Å². The smallest absolute Gasteiger partial charge is 0.106 e. The first kappa shape index (κ1) is 4.83. The predicted octanol–water partition coefficient (Wildman–Crippen LogP) is 1.49. The Morgan fingerprint density at radius 3 is 3.00 bits per heavy atom. The first-order valence-electron chi connectivity index (χ1n) is 2.11. The van der Waals surface area contributed by atoms with Crippen LogP contribution in [-0.4, -0.2) is 10.2 Å². The summed E-state index contributed by atoms with van der Waals surface area (Å²) in [6, 6.07) is 1.69. The Hall–Kier alpha value is -1.32. The number of rotatable bonds is 1. The average molecular weight is 111 g/mol. The molecule has 0 radical (unpaired) electrons. The van der Waals surface area contributed by atoms with Crippen molar-refractivity contribution < 1.29 is 5.21 Å². The molecule has 1 aromatic heterocycles. The van der Waals surface area contributed by atoms with Crippen LogP contribution in [0.5, 0.6) is 0 Å². The van der Waals surface area contributed by atoms with Gasteiger partial charge in [-0.3, -0.25) is 0 Å². The SMILES string of the molecule is ON=Nc1cc[nH]c1. The number of aromatic nitrogens is 1. The van der Waals surface area contributed by atoms with Crippen molar-refractivity contribution in [2.24, 2.45) is 10.4 Å². The molecule has 1 rings (SSSR count). The van der Waals surface area contributed by atoms with Gasteiger partial charge in [-0.25, -0.2) is 0 Å². The zero-order valence-electron chi connectivity index (χ0n) is 4.07. The normalized spacial score (nSPS) is 10.5. The van der Waals surface area contributed by atoms with Gasteiger partial charge >= 0.3 is 0 Å². The average Bonchev–Trinajstić information content (AvgIpc) is 2.19. The van der Waals surface area contributed by atoms with Gasteiger partial charge in [0, 0.05) is 17.7 Å². The third-order valence-corrected chi connectivity index (χ3v) is 0.742. The van der Waals surface area contributed by atoms with E-state index in [4.69, 9.17) is 5.21 Å². The molecule has 2 N–H and O–H groups in total. The summed E-state index contributed by atoms with van der Waals surface area (Å²) in [5.41, 5.74) is 0.618. The maximum Gasteiger partial charge on any atom is 0.106 e. The maximum atomic E-state index is 7.88. The van der Waals surface area contributed by atoms with Gasteiger partial charge in [0.2, 0.25) is 0 Å². The summed E-state index contributed by atoms with van der Waals surface area (Å²) in [6.45, 7) is 0. The molecule has 1 aromatic rings. The molecule has 4 heteroatoms. The highest BCUT2D eigenvalue weighted by atomic mass is 16.5. The lowest BCUT2D eigenvalue weighted by Crippen LogP contribution is -1.49. The van der Waals surface area contributed by atoms with E-state index < -0.39 is 0 Å². The first-order valence-corrected chi connectivity index (χ1v) is 2.11. The quantitative estimate of drug-likeness (QED) is 0.418. The van der Waals surface area contributed by atoms with Crippen LogP contribution in [0.4, 0.5) is 5.69 Å². The van der Waals surface area contributed by atoms with Crippen molar-refractivity contribution in [1.82, 2.24) is 4.98 Å². The molecule has 0 saturated heterocycles. The number of hydrogen-bond donors (Lipinski definition) is 2. The molecule has 0 aliphatic rings. The minimum atomic E-state index is 0.618. The third kappa shape index (κ3) is 0.841. The Labute approximate surface area is 45.8 Å². The fraction of sp³-hybridized carbons (Fsp3) is 0. The Balaban J connectivity index is 2.77. The molecule has 0 atom stereocenters. The van der Waals surface area contributed by atoms with Gasteiger partial charge in [-0.15, -0.1) is 5.11 Å². The molecule has 0 aromatic carbocycles. The van der Waals surface area contributed by atoms with E-state index in [9.17, 15) is 0 Å². The second kappa shape index (κ2) is 2.11. The van der Waals surface area contributed by atoms with Gasteiger partial charge in [0.1, 0.15) is 5.69 Å². The molecule has 0 fully saturated rings. The minimum Gasteiger partial charge on any atom is -0.394 e. The molecule has 0 amide bonds. The molecule has 4 nitrogen and oxygen atoms in total. The van der Waals surface area contributed by atoms with E-state index in [1.165, 1.54) is 0 Å². The van der Waals surface area contributed by atoms with Crippen molar-refractivity contribution in [2.45, 2.75) is 0 Å².